The van der Waals surface area contributed by atoms with Gasteiger partial charge in [-0.1, -0.05) is 25.7 Å². The van der Waals surface area contributed by atoms with Crippen molar-refractivity contribution < 1.29 is 0 Å². The molecule has 0 bridgehead atoms. The van der Waals surface area contributed by atoms with Crippen molar-refractivity contribution in [2.24, 2.45) is 11.7 Å². The van der Waals surface area contributed by atoms with Crippen LogP contribution in [0.4, 0.5) is 0 Å². The summed E-state index contributed by atoms with van der Waals surface area (Å²) in [6.07, 6.45) is 10.9. The molecule has 1 heterocycles. The van der Waals surface area contributed by atoms with Gasteiger partial charge >= 0.3 is 0 Å². The van der Waals surface area contributed by atoms with E-state index in [1.54, 1.807) is 0 Å². The molecular formula is C14H21BrN2. The Kier molecular flexibility index (Phi) is 4.99. The zero-order valence-corrected chi connectivity index (χ0v) is 11.8. The normalized spacial score (nSPS) is 19.9. The minimum Gasteiger partial charge on any atom is -0.327 e. The van der Waals surface area contributed by atoms with Gasteiger partial charge in [-0.15, -0.1) is 0 Å². The summed E-state index contributed by atoms with van der Waals surface area (Å²) in [7, 11) is 0. The summed E-state index contributed by atoms with van der Waals surface area (Å²) in [5.74, 6) is 0.697. The molecule has 2 rings (SSSR count). The first kappa shape index (κ1) is 13.0. The highest BCUT2D eigenvalue weighted by Crippen LogP contribution is 2.26. The summed E-state index contributed by atoms with van der Waals surface area (Å²) in [5.41, 5.74) is 7.45. The van der Waals surface area contributed by atoms with Gasteiger partial charge in [-0.25, -0.2) is 0 Å². The Morgan fingerprint density at radius 1 is 1.24 bits per heavy atom. The monoisotopic (exact) mass is 296 g/mol. The van der Waals surface area contributed by atoms with Gasteiger partial charge in [0.15, 0.2) is 0 Å². The molecule has 1 aliphatic carbocycles. The van der Waals surface area contributed by atoms with Crippen LogP contribution in [0.15, 0.2) is 22.8 Å². The van der Waals surface area contributed by atoms with E-state index < -0.39 is 0 Å². The summed E-state index contributed by atoms with van der Waals surface area (Å²) in [6, 6.07) is 4.39. The minimum atomic E-state index is 0.279. The van der Waals surface area contributed by atoms with Crippen molar-refractivity contribution in [2.75, 3.05) is 0 Å². The molecule has 3 heteroatoms. The molecule has 0 amide bonds. The number of aromatic nitrogens is 1. The van der Waals surface area contributed by atoms with Gasteiger partial charge in [0, 0.05) is 28.8 Å². The van der Waals surface area contributed by atoms with Crippen molar-refractivity contribution in [3.8, 4) is 0 Å². The fourth-order valence-electron chi connectivity index (χ4n) is 2.67. The maximum Gasteiger partial charge on any atom is 0.0420 e. The standard InChI is InChI=1S/C14H21BrN2/c15-12-7-8-13(17-10-12)9-14(16)11-5-3-1-2-4-6-11/h7-8,10-11,14H,1-6,9,16H2. The van der Waals surface area contributed by atoms with Crippen molar-refractivity contribution >= 4 is 15.9 Å². The van der Waals surface area contributed by atoms with Crippen LogP contribution in [0.3, 0.4) is 0 Å². The zero-order valence-electron chi connectivity index (χ0n) is 10.2. The molecule has 1 aromatic rings. The van der Waals surface area contributed by atoms with Crippen LogP contribution >= 0.6 is 15.9 Å². The molecule has 1 saturated carbocycles. The molecule has 1 aliphatic rings. The molecule has 94 valence electrons. The Morgan fingerprint density at radius 2 is 1.94 bits per heavy atom. The van der Waals surface area contributed by atoms with Crippen LogP contribution in [0.5, 0.6) is 0 Å². The summed E-state index contributed by atoms with van der Waals surface area (Å²) in [4.78, 5) is 4.41. The lowest BCUT2D eigenvalue weighted by atomic mass is 9.89. The number of hydrogen-bond donors (Lipinski definition) is 1. The maximum absolute atomic E-state index is 6.34. The van der Waals surface area contributed by atoms with Crippen LogP contribution in [-0.2, 0) is 6.42 Å². The third-order valence-corrected chi connectivity index (χ3v) is 4.21. The predicted molar refractivity (Wildman–Crippen MR) is 74.8 cm³/mol. The minimum absolute atomic E-state index is 0.279. The first-order valence-electron chi connectivity index (χ1n) is 6.62. The van der Waals surface area contributed by atoms with Crippen molar-refractivity contribution in [1.82, 2.24) is 4.98 Å². The van der Waals surface area contributed by atoms with Crippen molar-refractivity contribution in [3.05, 3.63) is 28.5 Å². The van der Waals surface area contributed by atoms with E-state index in [2.05, 4.69) is 27.0 Å². The van der Waals surface area contributed by atoms with Gasteiger partial charge in [0.25, 0.3) is 0 Å². The fraction of sp³-hybridized carbons (Fsp3) is 0.643. The second kappa shape index (κ2) is 6.50. The number of nitrogens with zero attached hydrogens (tertiary/aromatic N) is 1. The van der Waals surface area contributed by atoms with Crippen molar-refractivity contribution in [2.45, 2.75) is 51.0 Å². The second-order valence-corrected chi connectivity index (χ2v) is 6.00. The summed E-state index contributed by atoms with van der Waals surface area (Å²) in [6.45, 7) is 0. The molecular weight excluding hydrogens is 276 g/mol. The van der Waals surface area contributed by atoms with Crippen LogP contribution in [-0.4, -0.2) is 11.0 Å². The Hall–Kier alpha value is -0.410. The van der Waals surface area contributed by atoms with Gasteiger partial charge in [0.2, 0.25) is 0 Å². The van der Waals surface area contributed by atoms with Gasteiger partial charge in [-0.3, -0.25) is 4.98 Å². The Bertz CT molecular complexity index is 329. The number of rotatable bonds is 3. The average Bonchev–Trinajstić information content (AvgIpc) is 2.61. The van der Waals surface area contributed by atoms with Crippen LogP contribution in [0.2, 0.25) is 0 Å². The van der Waals surface area contributed by atoms with Gasteiger partial charge in [0.1, 0.15) is 0 Å². The topological polar surface area (TPSA) is 38.9 Å². The van der Waals surface area contributed by atoms with E-state index in [-0.39, 0.29) is 6.04 Å². The molecule has 2 N–H and O–H groups in total. The summed E-state index contributed by atoms with van der Waals surface area (Å²) >= 11 is 3.40. The molecule has 0 aliphatic heterocycles. The van der Waals surface area contributed by atoms with Crippen molar-refractivity contribution in [1.29, 1.82) is 0 Å². The smallest absolute Gasteiger partial charge is 0.0420 e. The lowest BCUT2D eigenvalue weighted by molar-refractivity contribution is 0.370. The van der Waals surface area contributed by atoms with E-state index in [1.807, 2.05) is 12.3 Å². The molecule has 1 atom stereocenters. The molecule has 17 heavy (non-hydrogen) atoms. The van der Waals surface area contributed by atoms with E-state index in [4.69, 9.17) is 5.73 Å². The molecule has 1 fully saturated rings. The lowest BCUT2D eigenvalue weighted by Crippen LogP contribution is -2.32. The first-order chi connectivity index (χ1) is 8.25. The van der Waals surface area contributed by atoms with Gasteiger partial charge in [-0.05, 0) is 46.8 Å². The van der Waals surface area contributed by atoms with E-state index in [0.717, 1.165) is 16.6 Å². The van der Waals surface area contributed by atoms with Crippen LogP contribution in [0.25, 0.3) is 0 Å². The maximum atomic E-state index is 6.34. The van der Waals surface area contributed by atoms with Gasteiger partial charge in [-0.2, -0.15) is 0 Å². The quantitative estimate of drug-likeness (QED) is 0.864. The van der Waals surface area contributed by atoms with E-state index in [9.17, 15) is 0 Å². The lowest BCUT2D eigenvalue weighted by Gasteiger charge is -2.21. The van der Waals surface area contributed by atoms with Crippen LogP contribution in [0, 0.1) is 5.92 Å². The van der Waals surface area contributed by atoms with Gasteiger partial charge < -0.3 is 5.73 Å². The highest BCUT2D eigenvalue weighted by atomic mass is 79.9. The molecule has 2 nitrogen and oxygen atoms in total. The third-order valence-electron chi connectivity index (χ3n) is 3.74. The third kappa shape index (κ3) is 4.07. The number of halogens is 1. The van der Waals surface area contributed by atoms with E-state index in [0.29, 0.717) is 5.92 Å². The van der Waals surface area contributed by atoms with Crippen LogP contribution in [0.1, 0.15) is 44.2 Å². The highest BCUT2D eigenvalue weighted by Gasteiger charge is 2.19. The SMILES string of the molecule is NC(Cc1ccc(Br)cn1)C1CCCCCC1. The predicted octanol–water partition coefficient (Wildman–Crippen LogP) is 3.68. The second-order valence-electron chi connectivity index (χ2n) is 5.09. The Morgan fingerprint density at radius 3 is 2.53 bits per heavy atom. The van der Waals surface area contributed by atoms with E-state index >= 15 is 0 Å². The fourth-order valence-corrected chi connectivity index (χ4v) is 2.91. The molecule has 0 spiro atoms. The van der Waals surface area contributed by atoms with Gasteiger partial charge in [0.05, 0.1) is 0 Å². The van der Waals surface area contributed by atoms with Crippen molar-refractivity contribution in [3.63, 3.8) is 0 Å². The largest absolute Gasteiger partial charge is 0.327 e. The Labute approximate surface area is 112 Å². The molecule has 0 radical (unpaired) electrons. The summed E-state index contributed by atoms with van der Waals surface area (Å²) in [5, 5.41) is 0. The Balaban J connectivity index is 1.90. The van der Waals surface area contributed by atoms with E-state index in [1.165, 1.54) is 38.5 Å². The summed E-state index contributed by atoms with van der Waals surface area (Å²) < 4.78 is 1.03. The highest BCUT2D eigenvalue weighted by molar-refractivity contribution is 9.10. The number of hydrogen-bond acceptors (Lipinski definition) is 2. The number of nitrogens with two attached hydrogens (primary N) is 1. The number of pyridine rings is 1. The molecule has 0 saturated heterocycles. The van der Waals surface area contributed by atoms with Crippen LogP contribution < -0.4 is 5.73 Å². The molecule has 0 aromatic carbocycles. The zero-order chi connectivity index (χ0) is 12.1. The first-order valence-corrected chi connectivity index (χ1v) is 7.41. The molecule has 1 aromatic heterocycles. The average molecular weight is 297 g/mol. The molecule has 1 unspecified atom stereocenters.